The Hall–Kier alpha value is -0.860. The predicted octanol–water partition coefficient (Wildman–Crippen LogP) is 1.26. The van der Waals surface area contributed by atoms with Gasteiger partial charge in [-0.25, -0.2) is 0 Å². The summed E-state index contributed by atoms with van der Waals surface area (Å²) >= 11 is 0. The van der Waals surface area contributed by atoms with Crippen molar-refractivity contribution in [1.29, 1.82) is 0 Å². The summed E-state index contributed by atoms with van der Waals surface area (Å²) in [5.41, 5.74) is 4.83. The number of Topliss-reactive ketones (excluding diaryl/α,β-unsaturated/α-hetero) is 1. The summed E-state index contributed by atoms with van der Waals surface area (Å²) in [7, 11) is 0. The summed E-state index contributed by atoms with van der Waals surface area (Å²) in [5, 5.41) is 0. The Morgan fingerprint density at radius 2 is 1.64 bits per heavy atom. The number of primary amides is 1. The van der Waals surface area contributed by atoms with Crippen LogP contribution in [0.15, 0.2) is 0 Å². The van der Waals surface area contributed by atoms with Crippen molar-refractivity contribution in [2.24, 2.45) is 5.73 Å². The molecule has 0 bridgehead atoms. The molecule has 0 atom stereocenters. The molecular weight excluding hydrogens is 142 g/mol. The minimum Gasteiger partial charge on any atom is -0.370 e. The first-order valence-electron chi connectivity index (χ1n) is 3.90. The van der Waals surface area contributed by atoms with E-state index in [1.165, 1.54) is 6.92 Å². The maximum atomic E-state index is 10.3. The highest BCUT2D eigenvalue weighted by Crippen LogP contribution is 1.93. The second kappa shape index (κ2) is 9.14. The van der Waals surface area contributed by atoms with Gasteiger partial charge in [-0.2, -0.15) is 0 Å². The summed E-state index contributed by atoms with van der Waals surface area (Å²) < 4.78 is 0. The Labute approximate surface area is 68.0 Å². The van der Waals surface area contributed by atoms with Crippen LogP contribution in [0.2, 0.25) is 0 Å². The Morgan fingerprint density at radius 3 is 1.91 bits per heavy atom. The highest BCUT2D eigenvalue weighted by molar-refractivity contribution is 5.77. The second-order valence-corrected chi connectivity index (χ2v) is 2.02. The van der Waals surface area contributed by atoms with Gasteiger partial charge >= 0.3 is 0 Å². The molecule has 0 saturated heterocycles. The maximum Gasteiger partial charge on any atom is 0.217 e. The molecule has 2 N–H and O–H groups in total. The molecular formula is C8H17NO2. The van der Waals surface area contributed by atoms with E-state index in [2.05, 4.69) is 0 Å². The van der Waals surface area contributed by atoms with Crippen molar-refractivity contribution in [3.05, 3.63) is 0 Å². The first-order valence-corrected chi connectivity index (χ1v) is 3.90. The third-order valence-electron chi connectivity index (χ3n) is 0.952. The highest BCUT2D eigenvalue weighted by atomic mass is 16.1. The molecule has 1 amide bonds. The number of carbonyl (C=O) groups excluding carboxylic acids is 2. The van der Waals surface area contributed by atoms with E-state index in [1.807, 2.05) is 13.8 Å². The fourth-order valence-corrected chi connectivity index (χ4v) is 0.512. The van der Waals surface area contributed by atoms with Crippen molar-refractivity contribution >= 4 is 11.7 Å². The SMILES string of the molecule is CC.CC(=O)CCCC(N)=O. The molecule has 11 heavy (non-hydrogen) atoms. The predicted molar refractivity (Wildman–Crippen MR) is 45.1 cm³/mol. The normalized spacial score (nSPS) is 7.91. The maximum absolute atomic E-state index is 10.3. The molecule has 0 aliphatic rings. The molecule has 0 unspecified atom stereocenters. The van der Waals surface area contributed by atoms with Crippen LogP contribution in [-0.2, 0) is 9.59 Å². The molecule has 0 saturated carbocycles. The van der Waals surface area contributed by atoms with Crippen LogP contribution in [0.5, 0.6) is 0 Å². The molecule has 0 spiro atoms. The lowest BCUT2D eigenvalue weighted by Crippen LogP contribution is -2.10. The minimum atomic E-state index is -0.337. The molecule has 0 fully saturated rings. The fourth-order valence-electron chi connectivity index (χ4n) is 0.512. The molecule has 0 rings (SSSR count). The van der Waals surface area contributed by atoms with Gasteiger partial charge in [0.1, 0.15) is 5.78 Å². The standard InChI is InChI=1S/C6H11NO2.C2H6/c1-5(8)3-2-4-6(7)9;1-2/h2-4H2,1H3,(H2,7,9);1-2H3. The molecule has 0 heterocycles. The number of hydrogen-bond donors (Lipinski definition) is 1. The molecule has 3 heteroatoms. The topological polar surface area (TPSA) is 60.2 Å². The number of nitrogens with two attached hydrogens (primary N) is 1. The Morgan fingerprint density at radius 1 is 1.18 bits per heavy atom. The van der Waals surface area contributed by atoms with Gasteiger partial charge in [-0.1, -0.05) is 13.8 Å². The van der Waals surface area contributed by atoms with E-state index < -0.39 is 0 Å². The van der Waals surface area contributed by atoms with Gasteiger partial charge in [0.25, 0.3) is 0 Å². The van der Waals surface area contributed by atoms with Crippen LogP contribution in [0, 0.1) is 0 Å². The monoisotopic (exact) mass is 159 g/mol. The average Bonchev–Trinajstić information content (AvgIpc) is 1.90. The molecule has 66 valence electrons. The lowest BCUT2D eigenvalue weighted by atomic mass is 10.2. The van der Waals surface area contributed by atoms with E-state index >= 15 is 0 Å². The van der Waals surface area contributed by atoms with E-state index in [9.17, 15) is 9.59 Å². The first-order chi connectivity index (χ1) is 5.13. The van der Waals surface area contributed by atoms with E-state index in [0.29, 0.717) is 19.3 Å². The number of ketones is 1. The van der Waals surface area contributed by atoms with E-state index in [1.54, 1.807) is 0 Å². The number of amides is 1. The van der Waals surface area contributed by atoms with Gasteiger partial charge in [0, 0.05) is 12.8 Å². The highest BCUT2D eigenvalue weighted by Gasteiger charge is 1.95. The van der Waals surface area contributed by atoms with Crippen molar-refractivity contribution in [3.63, 3.8) is 0 Å². The van der Waals surface area contributed by atoms with Crippen LogP contribution in [0.4, 0.5) is 0 Å². The van der Waals surface area contributed by atoms with Crippen molar-refractivity contribution in [1.82, 2.24) is 0 Å². The third kappa shape index (κ3) is 17.6. The second-order valence-electron chi connectivity index (χ2n) is 2.02. The first kappa shape index (κ1) is 12.8. The summed E-state index contributed by atoms with van der Waals surface area (Å²) in [6.07, 6.45) is 1.37. The van der Waals surface area contributed by atoms with Gasteiger partial charge in [-0.3, -0.25) is 4.79 Å². The van der Waals surface area contributed by atoms with Gasteiger partial charge in [0.15, 0.2) is 0 Å². The van der Waals surface area contributed by atoms with Crippen molar-refractivity contribution in [2.75, 3.05) is 0 Å². The van der Waals surface area contributed by atoms with Gasteiger partial charge < -0.3 is 10.5 Å². The molecule has 0 radical (unpaired) electrons. The number of hydrogen-bond acceptors (Lipinski definition) is 2. The Balaban J connectivity index is 0. The number of rotatable bonds is 4. The smallest absolute Gasteiger partial charge is 0.217 e. The van der Waals surface area contributed by atoms with Crippen LogP contribution in [0.3, 0.4) is 0 Å². The van der Waals surface area contributed by atoms with Crippen molar-refractivity contribution < 1.29 is 9.59 Å². The van der Waals surface area contributed by atoms with Gasteiger partial charge in [0.2, 0.25) is 5.91 Å². The lowest BCUT2D eigenvalue weighted by Gasteiger charge is -1.90. The third-order valence-corrected chi connectivity index (χ3v) is 0.952. The van der Waals surface area contributed by atoms with Crippen LogP contribution >= 0.6 is 0 Å². The molecule has 0 aliphatic heterocycles. The van der Waals surface area contributed by atoms with Gasteiger partial charge in [-0.05, 0) is 13.3 Å². The quantitative estimate of drug-likeness (QED) is 0.671. The minimum absolute atomic E-state index is 0.108. The lowest BCUT2D eigenvalue weighted by molar-refractivity contribution is -0.118. The van der Waals surface area contributed by atoms with E-state index in [-0.39, 0.29) is 11.7 Å². The molecule has 0 aliphatic carbocycles. The zero-order valence-corrected chi connectivity index (χ0v) is 7.52. The van der Waals surface area contributed by atoms with Crippen LogP contribution in [0.25, 0.3) is 0 Å². The van der Waals surface area contributed by atoms with Crippen LogP contribution in [-0.4, -0.2) is 11.7 Å². The molecule has 0 aromatic rings. The molecule has 0 aromatic carbocycles. The molecule has 0 aromatic heterocycles. The molecule has 3 nitrogen and oxygen atoms in total. The number of carbonyl (C=O) groups is 2. The van der Waals surface area contributed by atoms with Gasteiger partial charge in [0.05, 0.1) is 0 Å². The summed E-state index contributed by atoms with van der Waals surface area (Å²) in [6.45, 7) is 5.50. The summed E-state index contributed by atoms with van der Waals surface area (Å²) in [6, 6.07) is 0. The Bertz CT molecular complexity index is 107. The fraction of sp³-hybridized carbons (Fsp3) is 0.750. The van der Waals surface area contributed by atoms with E-state index in [4.69, 9.17) is 5.73 Å². The van der Waals surface area contributed by atoms with Crippen molar-refractivity contribution in [3.8, 4) is 0 Å². The van der Waals surface area contributed by atoms with E-state index in [0.717, 1.165) is 0 Å². The van der Waals surface area contributed by atoms with Crippen LogP contribution < -0.4 is 5.73 Å². The summed E-state index contributed by atoms with van der Waals surface area (Å²) in [4.78, 5) is 20.4. The Kier molecular flexibility index (Phi) is 10.6. The zero-order valence-electron chi connectivity index (χ0n) is 7.52. The van der Waals surface area contributed by atoms with Crippen LogP contribution in [0.1, 0.15) is 40.0 Å². The van der Waals surface area contributed by atoms with Crippen molar-refractivity contribution in [2.45, 2.75) is 40.0 Å². The summed E-state index contributed by atoms with van der Waals surface area (Å²) in [5.74, 6) is -0.229. The largest absolute Gasteiger partial charge is 0.370 e. The average molecular weight is 159 g/mol. The van der Waals surface area contributed by atoms with Gasteiger partial charge in [-0.15, -0.1) is 0 Å². The zero-order chi connectivity index (χ0) is 9.28.